The van der Waals surface area contributed by atoms with E-state index in [4.69, 9.17) is 18.9 Å². The van der Waals surface area contributed by atoms with E-state index in [0.717, 1.165) is 31.6 Å². The Hall–Kier alpha value is -1.46. The molecule has 21 heavy (non-hydrogen) atoms. The maximum Gasteiger partial charge on any atom is 0.203 e. The van der Waals surface area contributed by atoms with Crippen LogP contribution in [0.15, 0.2) is 12.1 Å². The van der Waals surface area contributed by atoms with Crippen LogP contribution in [-0.2, 0) is 11.3 Å². The van der Waals surface area contributed by atoms with E-state index in [9.17, 15) is 0 Å². The third-order valence-corrected chi connectivity index (χ3v) is 3.80. The van der Waals surface area contributed by atoms with Crippen LogP contribution in [0.3, 0.4) is 0 Å². The minimum absolute atomic E-state index is 0.330. The molecule has 0 radical (unpaired) electrons. The van der Waals surface area contributed by atoms with Crippen LogP contribution >= 0.6 is 0 Å². The lowest BCUT2D eigenvalue weighted by Crippen LogP contribution is -2.37. The van der Waals surface area contributed by atoms with Gasteiger partial charge >= 0.3 is 0 Å². The van der Waals surface area contributed by atoms with Crippen molar-refractivity contribution in [2.75, 3.05) is 27.9 Å². The van der Waals surface area contributed by atoms with Crippen molar-refractivity contribution >= 4 is 0 Å². The SMILES string of the molecule is COc1cc(CNC2CCOC(C)C2)cc(OC)c1OC. The molecule has 1 aliphatic rings. The van der Waals surface area contributed by atoms with Gasteiger partial charge < -0.3 is 24.3 Å². The van der Waals surface area contributed by atoms with Gasteiger partial charge in [0.05, 0.1) is 27.4 Å². The molecule has 1 heterocycles. The first kappa shape index (κ1) is 15.9. The van der Waals surface area contributed by atoms with Crippen LogP contribution < -0.4 is 19.5 Å². The zero-order valence-electron chi connectivity index (χ0n) is 13.3. The molecule has 0 aliphatic carbocycles. The second-order valence-corrected chi connectivity index (χ2v) is 5.32. The number of nitrogens with one attached hydrogen (secondary N) is 1. The van der Waals surface area contributed by atoms with Gasteiger partial charge in [-0.3, -0.25) is 0 Å². The topological polar surface area (TPSA) is 49.0 Å². The number of hydrogen-bond donors (Lipinski definition) is 1. The summed E-state index contributed by atoms with van der Waals surface area (Å²) in [7, 11) is 4.88. The lowest BCUT2D eigenvalue weighted by Gasteiger charge is -2.28. The smallest absolute Gasteiger partial charge is 0.203 e. The fourth-order valence-corrected chi connectivity index (χ4v) is 2.68. The first-order valence-corrected chi connectivity index (χ1v) is 7.31. The zero-order chi connectivity index (χ0) is 15.2. The molecule has 1 fully saturated rings. The predicted molar refractivity (Wildman–Crippen MR) is 81.4 cm³/mol. The minimum atomic E-state index is 0.330. The molecule has 1 saturated heterocycles. The van der Waals surface area contributed by atoms with Gasteiger partial charge in [0.15, 0.2) is 11.5 Å². The van der Waals surface area contributed by atoms with Gasteiger partial charge in [-0.2, -0.15) is 0 Å². The molecular weight excluding hydrogens is 270 g/mol. The van der Waals surface area contributed by atoms with Crippen molar-refractivity contribution in [3.63, 3.8) is 0 Å². The van der Waals surface area contributed by atoms with Crippen molar-refractivity contribution in [3.8, 4) is 17.2 Å². The highest BCUT2D eigenvalue weighted by molar-refractivity contribution is 5.53. The fraction of sp³-hybridized carbons (Fsp3) is 0.625. The maximum atomic E-state index is 5.57. The number of rotatable bonds is 6. The number of ether oxygens (including phenoxy) is 4. The lowest BCUT2D eigenvalue weighted by atomic mass is 10.0. The summed E-state index contributed by atoms with van der Waals surface area (Å²) in [4.78, 5) is 0. The fourth-order valence-electron chi connectivity index (χ4n) is 2.68. The van der Waals surface area contributed by atoms with Crippen LogP contribution in [-0.4, -0.2) is 40.1 Å². The third kappa shape index (κ3) is 4.02. The summed E-state index contributed by atoms with van der Waals surface area (Å²) < 4.78 is 21.7. The summed E-state index contributed by atoms with van der Waals surface area (Å²) in [5, 5.41) is 3.58. The van der Waals surface area contributed by atoms with Gasteiger partial charge in [0.1, 0.15) is 0 Å². The van der Waals surface area contributed by atoms with E-state index in [1.165, 1.54) is 0 Å². The van der Waals surface area contributed by atoms with E-state index in [-0.39, 0.29) is 0 Å². The van der Waals surface area contributed by atoms with Crippen molar-refractivity contribution in [1.29, 1.82) is 0 Å². The van der Waals surface area contributed by atoms with Crippen molar-refractivity contribution in [1.82, 2.24) is 5.32 Å². The summed E-state index contributed by atoms with van der Waals surface area (Å²) in [6, 6.07) is 4.46. The highest BCUT2D eigenvalue weighted by Crippen LogP contribution is 2.38. The molecule has 0 spiro atoms. The van der Waals surface area contributed by atoms with Crippen LogP contribution in [0.1, 0.15) is 25.3 Å². The van der Waals surface area contributed by atoms with E-state index in [1.807, 2.05) is 12.1 Å². The molecule has 0 bridgehead atoms. The Bertz CT molecular complexity index is 439. The summed E-state index contributed by atoms with van der Waals surface area (Å²) in [6.45, 7) is 3.72. The summed E-state index contributed by atoms with van der Waals surface area (Å²) in [5.74, 6) is 2.01. The first-order valence-electron chi connectivity index (χ1n) is 7.31. The van der Waals surface area contributed by atoms with Crippen molar-refractivity contribution in [2.45, 2.75) is 38.5 Å². The second-order valence-electron chi connectivity index (χ2n) is 5.32. The molecular formula is C16H25NO4. The number of hydrogen-bond acceptors (Lipinski definition) is 5. The second kappa shape index (κ2) is 7.52. The van der Waals surface area contributed by atoms with E-state index >= 15 is 0 Å². The average Bonchev–Trinajstić information content (AvgIpc) is 2.51. The molecule has 1 aromatic carbocycles. The monoisotopic (exact) mass is 295 g/mol. The van der Waals surface area contributed by atoms with Crippen LogP contribution in [0.2, 0.25) is 0 Å². The largest absolute Gasteiger partial charge is 0.493 e. The van der Waals surface area contributed by atoms with E-state index in [1.54, 1.807) is 21.3 Å². The molecule has 0 amide bonds. The summed E-state index contributed by atoms with van der Waals surface area (Å²) in [5.41, 5.74) is 1.11. The van der Waals surface area contributed by atoms with E-state index in [0.29, 0.717) is 29.4 Å². The molecule has 1 aliphatic heterocycles. The highest BCUT2D eigenvalue weighted by atomic mass is 16.5. The van der Waals surface area contributed by atoms with Crippen LogP contribution in [0.5, 0.6) is 17.2 Å². The van der Waals surface area contributed by atoms with Crippen LogP contribution in [0.4, 0.5) is 0 Å². The quantitative estimate of drug-likeness (QED) is 0.873. The molecule has 1 N–H and O–H groups in total. The Balaban J connectivity index is 2.05. The Morgan fingerprint density at radius 3 is 2.33 bits per heavy atom. The number of benzene rings is 1. The highest BCUT2D eigenvalue weighted by Gasteiger charge is 2.19. The first-order chi connectivity index (χ1) is 10.2. The maximum absolute atomic E-state index is 5.57. The van der Waals surface area contributed by atoms with Crippen molar-refractivity contribution in [3.05, 3.63) is 17.7 Å². The Labute approximate surface area is 126 Å². The van der Waals surface area contributed by atoms with Gasteiger partial charge in [-0.25, -0.2) is 0 Å². The molecule has 5 nitrogen and oxygen atoms in total. The zero-order valence-corrected chi connectivity index (χ0v) is 13.3. The lowest BCUT2D eigenvalue weighted by molar-refractivity contribution is 0.0130. The van der Waals surface area contributed by atoms with Gasteiger partial charge in [-0.05, 0) is 37.5 Å². The molecule has 1 aromatic rings. The minimum Gasteiger partial charge on any atom is -0.493 e. The van der Waals surface area contributed by atoms with E-state index < -0.39 is 0 Å². The third-order valence-electron chi connectivity index (χ3n) is 3.80. The standard InChI is InChI=1S/C16H25NO4/c1-11-7-13(5-6-21-11)17-10-12-8-14(18-2)16(20-4)15(9-12)19-3/h8-9,11,13,17H,5-7,10H2,1-4H3. The Morgan fingerprint density at radius 2 is 1.81 bits per heavy atom. The molecule has 2 rings (SSSR count). The predicted octanol–water partition coefficient (Wildman–Crippen LogP) is 2.37. The number of methoxy groups -OCH3 is 3. The van der Waals surface area contributed by atoms with Gasteiger partial charge in [0.2, 0.25) is 5.75 Å². The van der Waals surface area contributed by atoms with Gasteiger partial charge in [0, 0.05) is 19.2 Å². The Kier molecular flexibility index (Phi) is 5.70. The van der Waals surface area contributed by atoms with E-state index in [2.05, 4.69) is 12.2 Å². The van der Waals surface area contributed by atoms with Gasteiger partial charge in [-0.1, -0.05) is 0 Å². The normalized spacial score (nSPS) is 21.9. The van der Waals surface area contributed by atoms with Crippen LogP contribution in [0.25, 0.3) is 0 Å². The van der Waals surface area contributed by atoms with Gasteiger partial charge in [-0.15, -0.1) is 0 Å². The average molecular weight is 295 g/mol. The molecule has 2 unspecified atom stereocenters. The molecule has 118 valence electrons. The summed E-state index contributed by atoms with van der Waals surface area (Å²) >= 11 is 0. The molecule has 5 heteroatoms. The van der Waals surface area contributed by atoms with Crippen LogP contribution in [0, 0.1) is 0 Å². The van der Waals surface area contributed by atoms with Crippen molar-refractivity contribution < 1.29 is 18.9 Å². The Morgan fingerprint density at radius 1 is 1.14 bits per heavy atom. The molecule has 0 saturated carbocycles. The van der Waals surface area contributed by atoms with Crippen molar-refractivity contribution in [2.24, 2.45) is 0 Å². The molecule has 2 atom stereocenters. The van der Waals surface area contributed by atoms with Gasteiger partial charge in [0.25, 0.3) is 0 Å². The summed E-state index contributed by atoms with van der Waals surface area (Å²) in [6.07, 6.45) is 2.43. The molecule has 0 aromatic heterocycles.